The molecule has 1 aliphatic heterocycles. The molecule has 0 unspecified atom stereocenters. The van der Waals surface area contributed by atoms with Gasteiger partial charge in [-0.2, -0.15) is 0 Å². The van der Waals surface area contributed by atoms with Crippen LogP contribution in [0.1, 0.15) is 15.9 Å². The van der Waals surface area contributed by atoms with Crippen LogP contribution in [0.15, 0.2) is 17.1 Å². The quantitative estimate of drug-likeness (QED) is 0.555. The van der Waals surface area contributed by atoms with Crippen LogP contribution in [0.3, 0.4) is 0 Å². The van der Waals surface area contributed by atoms with Crippen molar-refractivity contribution in [1.29, 1.82) is 0 Å². The van der Waals surface area contributed by atoms with E-state index in [0.29, 0.717) is 11.3 Å². The van der Waals surface area contributed by atoms with Crippen molar-refractivity contribution >= 4 is 17.5 Å². The Bertz CT molecular complexity index is 485. The minimum absolute atomic E-state index is 0.0988. The van der Waals surface area contributed by atoms with Crippen molar-refractivity contribution in [2.75, 3.05) is 7.11 Å². The van der Waals surface area contributed by atoms with Crippen molar-refractivity contribution in [3.05, 3.63) is 29.1 Å². The van der Waals surface area contributed by atoms with E-state index < -0.39 is 11.8 Å². The fraction of sp³-hybridized carbons (Fsp3) is 0.200. The first-order valence-corrected chi connectivity index (χ1v) is 4.54. The van der Waals surface area contributed by atoms with E-state index in [4.69, 9.17) is 5.21 Å². The average Bonchev–Trinajstić information content (AvgIpc) is 2.71. The summed E-state index contributed by atoms with van der Waals surface area (Å²) in [7, 11) is 1.22. The summed E-state index contributed by atoms with van der Waals surface area (Å²) in [5.41, 5.74) is 2.65. The number of nitrogens with zero attached hydrogens (tertiary/aromatic N) is 1. The SMILES string of the molecule is COC(=O)c1cc(F)c2c(c1)N=C(NO)C2. The third kappa shape index (κ3) is 1.63. The predicted octanol–water partition coefficient (Wildman–Crippen LogP) is 1.18. The van der Waals surface area contributed by atoms with Gasteiger partial charge >= 0.3 is 5.97 Å². The molecule has 5 nitrogen and oxygen atoms in total. The van der Waals surface area contributed by atoms with Crippen molar-refractivity contribution < 1.29 is 19.1 Å². The number of fused-ring (bicyclic) bond motifs is 1. The summed E-state index contributed by atoms with van der Waals surface area (Å²) in [6.07, 6.45) is 0.180. The summed E-state index contributed by atoms with van der Waals surface area (Å²) in [5, 5.41) is 8.66. The summed E-state index contributed by atoms with van der Waals surface area (Å²) in [5.74, 6) is -0.912. The lowest BCUT2D eigenvalue weighted by atomic mass is 10.1. The molecule has 1 aromatic rings. The molecule has 16 heavy (non-hydrogen) atoms. The maximum atomic E-state index is 13.6. The zero-order valence-electron chi connectivity index (χ0n) is 8.45. The Morgan fingerprint density at radius 2 is 2.38 bits per heavy atom. The van der Waals surface area contributed by atoms with E-state index in [2.05, 4.69) is 9.73 Å². The lowest BCUT2D eigenvalue weighted by Gasteiger charge is -2.03. The van der Waals surface area contributed by atoms with Crippen LogP contribution in [0.5, 0.6) is 0 Å². The highest BCUT2D eigenvalue weighted by Crippen LogP contribution is 2.30. The molecule has 0 saturated heterocycles. The van der Waals surface area contributed by atoms with Crippen LogP contribution in [-0.4, -0.2) is 24.1 Å². The van der Waals surface area contributed by atoms with Gasteiger partial charge in [0.1, 0.15) is 11.7 Å². The lowest BCUT2D eigenvalue weighted by molar-refractivity contribution is 0.0600. The molecule has 0 atom stereocenters. The Hall–Kier alpha value is -1.95. The smallest absolute Gasteiger partial charge is 0.338 e. The number of methoxy groups -OCH3 is 1. The van der Waals surface area contributed by atoms with Crippen molar-refractivity contribution in [1.82, 2.24) is 5.48 Å². The van der Waals surface area contributed by atoms with Crippen LogP contribution >= 0.6 is 0 Å². The molecule has 0 radical (unpaired) electrons. The van der Waals surface area contributed by atoms with E-state index in [9.17, 15) is 9.18 Å². The fourth-order valence-electron chi connectivity index (χ4n) is 1.55. The van der Waals surface area contributed by atoms with Gasteiger partial charge in [-0.15, -0.1) is 0 Å². The minimum Gasteiger partial charge on any atom is -0.465 e. The monoisotopic (exact) mass is 224 g/mol. The number of rotatable bonds is 1. The number of esters is 1. The normalized spacial score (nSPS) is 13.1. The van der Waals surface area contributed by atoms with Crippen LogP contribution < -0.4 is 5.48 Å². The van der Waals surface area contributed by atoms with Crippen molar-refractivity contribution in [2.24, 2.45) is 4.99 Å². The van der Waals surface area contributed by atoms with Gasteiger partial charge in [0.2, 0.25) is 0 Å². The highest BCUT2D eigenvalue weighted by atomic mass is 19.1. The van der Waals surface area contributed by atoms with Gasteiger partial charge in [0.05, 0.1) is 18.4 Å². The molecule has 0 amide bonds. The summed E-state index contributed by atoms with van der Waals surface area (Å²) < 4.78 is 18.1. The maximum Gasteiger partial charge on any atom is 0.338 e. The predicted molar refractivity (Wildman–Crippen MR) is 53.5 cm³/mol. The number of halogens is 1. The first kappa shape index (κ1) is 10.6. The van der Waals surface area contributed by atoms with Crippen LogP contribution in [0.2, 0.25) is 0 Å². The highest BCUT2D eigenvalue weighted by molar-refractivity contribution is 5.95. The minimum atomic E-state index is -0.623. The third-order valence-corrected chi connectivity index (χ3v) is 2.32. The molecule has 84 valence electrons. The Kier molecular flexibility index (Phi) is 2.57. The van der Waals surface area contributed by atoms with E-state index in [1.54, 1.807) is 0 Å². The van der Waals surface area contributed by atoms with Crippen molar-refractivity contribution in [3.8, 4) is 0 Å². The molecule has 2 rings (SSSR count). The number of ether oxygens (including phenoxy) is 1. The second-order valence-corrected chi connectivity index (χ2v) is 3.29. The van der Waals surface area contributed by atoms with Crippen molar-refractivity contribution in [2.45, 2.75) is 6.42 Å². The number of amidine groups is 1. The molecule has 0 fully saturated rings. The largest absolute Gasteiger partial charge is 0.465 e. The van der Waals surface area contributed by atoms with Gasteiger partial charge in [-0.1, -0.05) is 0 Å². The number of hydroxylamine groups is 1. The molecule has 0 aliphatic carbocycles. The molecule has 1 aliphatic rings. The summed E-state index contributed by atoms with van der Waals surface area (Å²) in [6, 6.07) is 2.52. The average molecular weight is 224 g/mol. The Morgan fingerprint density at radius 3 is 3.00 bits per heavy atom. The molecule has 0 bridgehead atoms. The van der Waals surface area contributed by atoms with E-state index in [1.807, 2.05) is 5.48 Å². The summed E-state index contributed by atoms with van der Waals surface area (Å²) in [4.78, 5) is 15.1. The third-order valence-electron chi connectivity index (χ3n) is 2.32. The van der Waals surface area contributed by atoms with Crippen LogP contribution in [-0.2, 0) is 11.2 Å². The number of hydrogen-bond donors (Lipinski definition) is 2. The lowest BCUT2D eigenvalue weighted by Crippen LogP contribution is -2.18. The molecule has 0 aromatic heterocycles. The van der Waals surface area contributed by atoms with E-state index >= 15 is 0 Å². The van der Waals surface area contributed by atoms with Gasteiger partial charge < -0.3 is 4.74 Å². The van der Waals surface area contributed by atoms with Gasteiger partial charge in [0.25, 0.3) is 0 Å². The number of aliphatic imine (C=N–C) groups is 1. The second kappa shape index (κ2) is 3.90. The summed E-state index contributed by atoms with van der Waals surface area (Å²) >= 11 is 0. The van der Waals surface area contributed by atoms with Gasteiger partial charge in [0, 0.05) is 12.0 Å². The highest BCUT2D eigenvalue weighted by Gasteiger charge is 2.21. The standard InChI is InChI=1S/C10H9FN2O3/c1-16-10(14)5-2-7(11)6-4-9(13-15)12-8(6)3-5/h2-3,15H,4H2,1H3,(H,12,13). The summed E-state index contributed by atoms with van der Waals surface area (Å²) in [6.45, 7) is 0. The van der Waals surface area contributed by atoms with Crippen LogP contribution in [0.4, 0.5) is 10.1 Å². The Morgan fingerprint density at radius 1 is 1.62 bits per heavy atom. The van der Waals surface area contributed by atoms with Crippen molar-refractivity contribution in [3.63, 3.8) is 0 Å². The molecular weight excluding hydrogens is 215 g/mol. The Labute approximate surface area is 90.5 Å². The van der Waals surface area contributed by atoms with E-state index in [-0.39, 0.29) is 17.8 Å². The van der Waals surface area contributed by atoms with Gasteiger partial charge in [-0.3, -0.25) is 10.7 Å². The zero-order chi connectivity index (χ0) is 11.7. The van der Waals surface area contributed by atoms with Gasteiger partial charge in [0.15, 0.2) is 0 Å². The topological polar surface area (TPSA) is 70.9 Å². The first-order valence-electron chi connectivity index (χ1n) is 4.54. The van der Waals surface area contributed by atoms with Crippen LogP contribution in [0.25, 0.3) is 0 Å². The molecule has 2 N–H and O–H groups in total. The zero-order valence-corrected chi connectivity index (χ0v) is 8.45. The molecule has 6 heteroatoms. The van der Waals surface area contributed by atoms with Gasteiger partial charge in [-0.25, -0.2) is 14.2 Å². The number of hydrogen-bond acceptors (Lipinski definition) is 5. The van der Waals surface area contributed by atoms with E-state index in [0.717, 1.165) is 6.07 Å². The first-order chi connectivity index (χ1) is 7.65. The molecular formula is C10H9FN2O3. The maximum absolute atomic E-state index is 13.6. The molecule has 0 spiro atoms. The number of benzene rings is 1. The Balaban J connectivity index is 2.45. The molecule has 1 heterocycles. The number of nitrogens with one attached hydrogen (secondary N) is 1. The molecule has 1 aromatic carbocycles. The van der Waals surface area contributed by atoms with Crippen LogP contribution in [0, 0.1) is 5.82 Å². The number of carbonyl (C=O) groups excluding carboxylic acids is 1. The molecule has 0 saturated carbocycles. The second-order valence-electron chi connectivity index (χ2n) is 3.29. The van der Waals surface area contributed by atoms with Gasteiger partial charge in [-0.05, 0) is 12.1 Å². The fourth-order valence-corrected chi connectivity index (χ4v) is 1.55. The van der Waals surface area contributed by atoms with E-state index in [1.165, 1.54) is 13.2 Å². The number of carbonyl (C=O) groups is 1.